The minimum absolute atomic E-state index is 0.0847. The third kappa shape index (κ3) is 3.44. The van der Waals surface area contributed by atoms with E-state index in [1.165, 1.54) is 24.3 Å². The monoisotopic (exact) mass is 353 g/mol. The number of nitrogens with zero attached hydrogens (tertiary/aromatic N) is 3. The Kier molecular flexibility index (Phi) is 4.17. The van der Waals surface area contributed by atoms with Gasteiger partial charge in [0.05, 0.1) is 22.6 Å². The molecule has 1 aromatic carbocycles. The van der Waals surface area contributed by atoms with Crippen molar-refractivity contribution < 1.29 is 9.66 Å². The lowest BCUT2D eigenvalue weighted by Crippen LogP contribution is -1.92. The van der Waals surface area contributed by atoms with Gasteiger partial charge in [0.1, 0.15) is 10.9 Å². The van der Waals surface area contributed by atoms with E-state index < -0.39 is 4.92 Å². The fourth-order valence-electron chi connectivity index (χ4n) is 1.42. The molecule has 0 fully saturated rings. The first-order chi connectivity index (χ1) is 9.47. The number of pyridine rings is 1. The highest BCUT2D eigenvalue weighted by Crippen LogP contribution is 2.29. The van der Waals surface area contributed by atoms with E-state index >= 15 is 0 Å². The number of non-ortho nitro benzene ring substituents is 1. The van der Waals surface area contributed by atoms with Crippen LogP contribution in [0.15, 0.2) is 34.8 Å². The first-order valence-electron chi connectivity index (χ1n) is 5.18. The maximum atomic E-state index is 10.8. The molecule has 1 heterocycles. The summed E-state index contributed by atoms with van der Waals surface area (Å²) in [6.45, 7) is 0. The Morgan fingerprint density at radius 1 is 1.35 bits per heavy atom. The van der Waals surface area contributed by atoms with Crippen molar-refractivity contribution in [3.8, 4) is 17.7 Å². The largest absolute Gasteiger partial charge is 0.439 e. The molecule has 0 saturated heterocycles. The summed E-state index contributed by atoms with van der Waals surface area (Å²) in [5.41, 5.74) is 0.154. The van der Waals surface area contributed by atoms with Crippen LogP contribution in [0, 0.1) is 21.4 Å². The first-order valence-corrected chi connectivity index (χ1v) is 6.35. The fraction of sp³-hybridized carbons (Fsp3) is 0. The Balaban J connectivity index is 2.37. The Bertz CT molecular complexity index is 730. The van der Waals surface area contributed by atoms with Crippen LogP contribution in [0.25, 0.3) is 0 Å². The van der Waals surface area contributed by atoms with Gasteiger partial charge in [-0.1, -0.05) is 27.5 Å². The van der Waals surface area contributed by atoms with Crippen molar-refractivity contribution in [1.82, 2.24) is 4.98 Å². The van der Waals surface area contributed by atoms with Crippen molar-refractivity contribution in [3.63, 3.8) is 0 Å². The third-order valence-electron chi connectivity index (χ3n) is 2.19. The van der Waals surface area contributed by atoms with Gasteiger partial charge in [0.25, 0.3) is 5.69 Å². The summed E-state index contributed by atoms with van der Waals surface area (Å²) >= 11 is 8.90. The van der Waals surface area contributed by atoms with Gasteiger partial charge in [0.2, 0.25) is 5.88 Å². The number of hydrogen-bond acceptors (Lipinski definition) is 5. The fourth-order valence-corrected chi connectivity index (χ4v) is 2.08. The molecule has 0 saturated carbocycles. The van der Waals surface area contributed by atoms with Gasteiger partial charge in [-0.15, -0.1) is 0 Å². The van der Waals surface area contributed by atoms with E-state index in [0.29, 0.717) is 4.47 Å². The zero-order valence-corrected chi connectivity index (χ0v) is 12.1. The van der Waals surface area contributed by atoms with Crippen LogP contribution in [0.2, 0.25) is 5.15 Å². The van der Waals surface area contributed by atoms with E-state index in [1.54, 1.807) is 6.07 Å². The summed E-state index contributed by atoms with van der Waals surface area (Å²) in [7, 11) is 0. The van der Waals surface area contributed by atoms with Crippen LogP contribution in [0.1, 0.15) is 5.56 Å². The van der Waals surface area contributed by atoms with E-state index in [1.807, 2.05) is 6.07 Å². The molecule has 100 valence electrons. The zero-order valence-electron chi connectivity index (χ0n) is 9.71. The van der Waals surface area contributed by atoms with Crippen LogP contribution in [0.4, 0.5) is 5.69 Å². The second kappa shape index (κ2) is 5.86. The summed E-state index contributed by atoms with van der Waals surface area (Å²) in [6, 6.07) is 8.83. The van der Waals surface area contributed by atoms with Crippen LogP contribution in [0.5, 0.6) is 11.6 Å². The van der Waals surface area contributed by atoms with E-state index in [2.05, 4.69) is 20.9 Å². The molecular formula is C12H5BrClN3O3. The van der Waals surface area contributed by atoms with Crippen LogP contribution >= 0.6 is 27.5 Å². The number of rotatable bonds is 3. The van der Waals surface area contributed by atoms with Gasteiger partial charge in [-0.05, 0) is 12.1 Å². The molecule has 8 heteroatoms. The maximum Gasteiger partial charge on any atom is 0.274 e. The van der Waals surface area contributed by atoms with Crippen LogP contribution in [-0.2, 0) is 0 Å². The maximum absolute atomic E-state index is 10.8. The minimum atomic E-state index is -0.538. The molecule has 2 rings (SSSR count). The lowest BCUT2D eigenvalue weighted by atomic mass is 10.3. The van der Waals surface area contributed by atoms with Gasteiger partial charge in [-0.2, -0.15) is 5.26 Å². The molecule has 0 aliphatic rings. The Hall–Kier alpha value is -2.17. The summed E-state index contributed by atoms with van der Waals surface area (Å²) in [4.78, 5) is 14.1. The summed E-state index contributed by atoms with van der Waals surface area (Å²) in [5, 5.41) is 19.7. The molecule has 0 bridgehead atoms. The molecule has 0 N–H and O–H groups in total. The predicted molar refractivity (Wildman–Crippen MR) is 74.8 cm³/mol. The molecule has 0 aliphatic heterocycles. The van der Waals surface area contributed by atoms with Crippen LogP contribution in [0.3, 0.4) is 0 Å². The number of nitro benzene ring substituents is 1. The SMILES string of the molecule is N#Cc1cc(Cl)nc(Oc2cc(Br)cc([N+](=O)[O-])c2)c1. The molecule has 0 aliphatic carbocycles. The highest BCUT2D eigenvalue weighted by Gasteiger charge is 2.11. The highest BCUT2D eigenvalue weighted by molar-refractivity contribution is 9.10. The Labute approximate surface area is 126 Å². The zero-order chi connectivity index (χ0) is 14.7. The van der Waals surface area contributed by atoms with Crippen molar-refractivity contribution in [2.45, 2.75) is 0 Å². The smallest absolute Gasteiger partial charge is 0.274 e. The number of hydrogen-bond donors (Lipinski definition) is 0. The molecule has 2 aromatic rings. The van der Waals surface area contributed by atoms with Gasteiger partial charge in [0, 0.05) is 16.6 Å². The lowest BCUT2D eigenvalue weighted by molar-refractivity contribution is -0.385. The molecule has 0 unspecified atom stereocenters. The van der Waals surface area contributed by atoms with E-state index in [4.69, 9.17) is 21.6 Å². The molecule has 0 spiro atoms. The van der Waals surface area contributed by atoms with Gasteiger partial charge >= 0.3 is 0 Å². The van der Waals surface area contributed by atoms with Crippen molar-refractivity contribution in [1.29, 1.82) is 5.26 Å². The first kappa shape index (κ1) is 14.2. The second-order valence-corrected chi connectivity index (χ2v) is 4.94. The van der Waals surface area contributed by atoms with Crippen molar-refractivity contribution in [2.24, 2.45) is 0 Å². The second-order valence-electron chi connectivity index (χ2n) is 3.63. The molecular weight excluding hydrogens is 350 g/mol. The number of ether oxygens (including phenoxy) is 1. The highest BCUT2D eigenvalue weighted by atomic mass is 79.9. The average Bonchev–Trinajstić information content (AvgIpc) is 2.37. The number of halogens is 2. The molecule has 1 aromatic heterocycles. The number of aromatic nitrogens is 1. The van der Waals surface area contributed by atoms with E-state index in [0.717, 1.165) is 0 Å². The number of nitro groups is 1. The number of benzene rings is 1. The predicted octanol–water partition coefficient (Wildman–Crippen LogP) is 4.07. The molecule has 6 nitrogen and oxygen atoms in total. The van der Waals surface area contributed by atoms with Gasteiger partial charge < -0.3 is 4.74 Å². The summed E-state index contributed by atoms with van der Waals surface area (Å²) < 4.78 is 5.88. The molecule has 0 radical (unpaired) electrons. The standard InChI is InChI=1S/C12H5BrClN3O3/c13-8-3-9(17(18)19)5-10(4-8)20-12-2-7(6-15)1-11(14)16-12/h1-5H. The summed E-state index contributed by atoms with van der Waals surface area (Å²) in [5.74, 6) is 0.297. The van der Waals surface area contributed by atoms with Crippen LogP contribution in [-0.4, -0.2) is 9.91 Å². The molecule has 0 atom stereocenters. The van der Waals surface area contributed by atoms with E-state index in [-0.39, 0.29) is 28.0 Å². The normalized spacial score (nSPS) is 9.85. The molecule has 0 amide bonds. The van der Waals surface area contributed by atoms with Crippen molar-refractivity contribution in [3.05, 3.63) is 55.6 Å². The Morgan fingerprint density at radius 3 is 2.75 bits per heavy atom. The Morgan fingerprint density at radius 2 is 2.10 bits per heavy atom. The summed E-state index contributed by atoms with van der Waals surface area (Å²) in [6.07, 6.45) is 0. The number of nitriles is 1. The van der Waals surface area contributed by atoms with Crippen molar-refractivity contribution >= 4 is 33.2 Å². The minimum Gasteiger partial charge on any atom is -0.439 e. The molecule has 20 heavy (non-hydrogen) atoms. The lowest BCUT2D eigenvalue weighted by Gasteiger charge is -2.06. The third-order valence-corrected chi connectivity index (χ3v) is 2.84. The van der Waals surface area contributed by atoms with Gasteiger partial charge in [-0.25, -0.2) is 4.98 Å². The quantitative estimate of drug-likeness (QED) is 0.471. The van der Waals surface area contributed by atoms with Gasteiger partial charge in [-0.3, -0.25) is 10.1 Å². The average molecular weight is 355 g/mol. The van der Waals surface area contributed by atoms with Gasteiger partial charge in [0.15, 0.2) is 0 Å². The van der Waals surface area contributed by atoms with Crippen LogP contribution < -0.4 is 4.74 Å². The van der Waals surface area contributed by atoms with Crippen molar-refractivity contribution in [2.75, 3.05) is 0 Å². The topological polar surface area (TPSA) is 89.0 Å². The van der Waals surface area contributed by atoms with E-state index in [9.17, 15) is 10.1 Å².